The maximum atomic E-state index is 12.3. The zero-order valence-electron chi connectivity index (χ0n) is 14.0. The van der Waals surface area contributed by atoms with Gasteiger partial charge in [0.1, 0.15) is 0 Å². The minimum absolute atomic E-state index is 0.239. The first-order chi connectivity index (χ1) is 12.1. The fourth-order valence-electron chi connectivity index (χ4n) is 2.21. The van der Waals surface area contributed by atoms with Crippen molar-refractivity contribution in [2.75, 3.05) is 19.0 Å². The lowest BCUT2D eigenvalue weighted by atomic mass is 10.1. The lowest BCUT2D eigenvalue weighted by Gasteiger charge is -2.11. The molecule has 0 spiro atoms. The molecule has 2 aromatic rings. The Morgan fingerprint density at radius 3 is 2.32 bits per heavy atom. The van der Waals surface area contributed by atoms with E-state index in [9.17, 15) is 14.4 Å². The van der Waals surface area contributed by atoms with Gasteiger partial charge in [-0.2, -0.15) is 0 Å². The fraction of sp³-hybridized carbons (Fsp3) is 0.211. The van der Waals surface area contributed by atoms with E-state index in [0.29, 0.717) is 29.8 Å². The van der Waals surface area contributed by atoms with Crippen molar-refractivity contribution >= 4 is 23.5 Å². The Morgan fingerprint density at radius 1 is 0.920 bits per heavy atom. The van der Waals surface area contributed by atoms with E-state index >= 15 is 0 Å². The molecular weight excluding hydrogens is 320 g/mol. The highest BCUT2D eigenvalue weighted by molar-refractivity contribution is 6.08. The van der Waals surface area contributed by atoms with Crippen molar-refractivity contribution in [3.63, 3.8) is 0 Å². The van der Waals surface area contributed by atoms with E-state index in [1.165, 1.54) is 7.11 Å². The molecule has 6 nitrogen and oxygen atoms in total. The third-order valence-corrected chi connectivity index (χ3v) is 3.53. The van der Waals surface area contributed by atoms with Crippen molar-refractivity contribution in [2.45, 2.75) is 12.8 Å². The van der Waals surface area contributed by atoms with Crippen molar-refractivity contribution < 1.29 is 19.1 Å². The Bertz CT molecular complexity index is 744. The number of rotatable bonds is 7. The highest BCUT2D eigenvalue weighted by Crippen LogP contribution is 2.16. The second-order valence-corrected chi connectivity index (χ2v) is 5.30. The quantitative estimate of drug-likeness (QED) is 0.599. The molecule has 0 saturated heterocycles. The minimum atomic E-state index is -0.315. The summed E-state index contributed by atoms with van der Waals surface area (Å²) >= 11 is 0. The molecule has 0 aliphatic heterocycles. The summed E-state index contributed by atoms with van der Waals surface area (Å²) in [5.41, 5.74) is 1.31. The summed E-state index contributed by atoms with van der Waals surface area (Å²) in [6, 6.07) is 15.5. The van der Waals surface area contributed by atoms with Crippen molar-refractivity contribution in [3.05, 3.63) is 65.7 Å². The SMILES string of the molecule is COC(=O)CCCNC(=O)c1ccccc1NC(=O)c1ccccc1. The minimum Gasteiger partial charge on any atom is -0.469 e. The first-order valence-corrected chi connectivity index (χ1v) is 7.92. The predicted octanol–water partition coefficient (Wildman–Crippen LogP) is 2.62. The summed E-state index contributed by atoms with van der Waals surface area (Å²) in [7, 11) is 1.33. The summed E-state index contributed by atoms with van der Waals surface area (Å²) in [6.07, 6.45) is 0.722. The number of esters is 1. The number of nitrogens with one attached hydrogen (secondary N) is 2. The third kappa shape index (κ3) is 5.46. The molecule has 0 aromatic heterocycles. The Balaban J connectivity index is 1.98. The van der Waals surface area contributed by atoms with Crippen molar-refractivity contribution in [1.29, 1.82) is 0 Å². The van der Waals surface area contributed by atoms with E-state index in [0.717, 1.165) is 0 Å². The van der Waals surface area contributed by atoms with Gasteiger partial charge >= 0.3 is 5.97 Å². The van der Waals surface area contributed by atoms with Gasteiger partial charge in [0.25, 0.3) is 11.8 Å². The summed E-state index contributed by atoms with van der Waals surface area (Å²) < 4.78 is 4.55. The third-order valence-electron chi connectivity index (χ3n) is 3.53. The normalized spacial score (nSPS) is 9.96. The standard InChI is InChI=1S/C19H20N2O4/c1-25-17(22)12-7-13-20-19(24)15-10-5-6-11-16(15)21-18(23)14-8-3-2-4-9-14/h2-6,8-11H,7,12-13H2,1H3,(H,20,24)(H,21,23). The van der Waals surface area contributed by atoms with Gasteiger partial charge in [-0.15, -0.1) is 0 Å². The van der Waals surface area contributed by atoms with E-state index in [1.54, 1.807) is 48.5 Å². The first-order valence-electron chi connectivity index (χ1n) is 7.92. The van der Waals surface area contributed by atoms with Crippen LogP contribution in [0.1, 0.15) is 33.6 Å². The average Bonchev–Trinajstić information content (AvgIpc) is 2.65. The van der Waals surface area contributed by atoms with Crippen LogP contribution in [0.2, 0.25) is 0 Å². The van der Waals surface area contributed by atoms with Gasteiger partial charge in [-0.25, -0.2) is 0 Å². The summed E-state index contributed by atoms with van der Waals surface area (Å²) in [6.45, 7) is 0.342. The number of carbonyl (C=O) groups is 3. The molecule has 0 saturated carbocycles. The second kappa shape index (κ2) is 9.22. The topological polar surface area (TPSA) is 84.5 Å². The van der Waals surface area contributed by atoms with Crippen LogP contribution in [0.4, 0.5) is 5.69 Å². The Kier molecular flexibility index (Phi) is 6.71. The van der Waals surface area contributed by atoms with Crippen LogP contribution < -0.4 is 10.6 Å². The van der Waals surface area contributed by atoms with Gasteiger partial charge in [0.2, 0.25) is 0 Å². The number of benzene rings is 2. The molecule has 0 aliphatic rings. The van der Waals surface area contributed by atoms with Gasteiger partial charge in [-0.05, 0) is 30.7 Å². The number of ether oxygens (including phenoxy) is 1. The van der Waals surface area contributed by atoms with Crippen LogP contribution in [0.5, 0.6) is 0 Å². The van der Waals surface area contributed by atoms with E-state index in [-0.39, 0.29) is 24.2 Å². The Hall–Kier alpha value is -3.15. The van der Waals surface area contributed by atoms with Gasteiger partial charge in [0.05, 0.1) is 18.4 Å². The van der Waals surface area contributed by atoms with Crippen LogP contribution in [0.25, 0.3) is 0 Å². The number of methoxy groups -OCH3 is 1. The lowest BCUT2D eigenvalue weighted by Crippen LogP contribution is -2.26. The van der Waals surface area contributed by atoms with E-state index in [4.69, 9.17) is 0 Å². The molecule has 6 heteroatoms. The number of amides is 2. The highest BCUT2D eigenvalue weighted by Gasteiger charge is 2.13. The summed E-state index contributed by atoms with van der Waals surface area (Å²) in [5, 5.41) is 5.49. The van der Waals surface area contributed by atoms with E-state index in [2.05, 4.69) is 15.4 Å². The van der Waals surface area contributed by atoms with Crippen LogP contribution >= 0.6 is 0 Å². The van der Waals surface area contributed by atoms with Gasteiger partial charge in [-0.3, -0.25) is 14.4 Å². The van der Waals surface area contributed by atoms with Gasteiger partial charge in [-0.1, -0.05) is 30.3 Å². The molecule has 25 heavy (non-hydrogen) atoms. The van der Waals surface area contributed by atoms with Crippen molar-refractivity contribution in [3.8, 4) is 0 Å². The molecule has 0 fully saturated rings. The number of hydrogen-bond acceptors (Lipinski definition) is 4. The molecule has 0 heterocycles. The molecule has 0 aliphatic carbocycles. The monoisotopic (exact) mass is 340 g/mol. The highest BCUT2D eigenvalue weighted by atomic mass is 16.5. The van der Waals surface area contributed by atoms with E-state index < -0.39 is 0 Å². The molecule has 0 bridgehead atoms. The van der Waals surface area contributed by atoms with Crippen molar-refractivity contribution in [2.24, 2.45) is 0 Å². The summed E-state index contributed by atoms with van der Waals surface area (Å²) in [4.78, 5) is 35.6. The Labute approximate surface area is 146 Å². The molecule has 0 atom stereocenters. The number of hydrogen-bond donors (Lipinski definition) is 2. The maximum absolute atomic E-state index is 12.3. The van der Waals surface area contributed by atoms with Gasteiger partial charge < -0.3 is 15.4 Å². The zero-order valence-corrected chi connectivity index (χ0v) is 14.0. The molecule has 2 rings (SSSR count). The predicted molar refractivity (Wildman–Crippen MR) is 94.4 cm³/mol. The summed E-state index contributed by atoms with van der Waals surface area (Å²) in [5.74, 6) is -0.912. The smallest absolute Gasteiger partial charge is 0.305 e. The van der Waals surface area contributed by atoms with Crippen LogP contribution in [-0.4, -0.2) is 31.4 Å². The molecule has 130 valence electrons. The van der Waals surface area contributed by atoms with Crippen molar-refractivity contribution in [1.82, 2.24) is 5.32 Å². The van der Waals surface area contributed by atoms with Crippen LogP contribution in [0.3, 0.4) is 0 Å². The maximum Gasteiger partial charge on any atom is 0.305 e. The molecule has 0 radical (unpaired) electrons. The number of carbonyl (C=O) groups excluding carboxylic acids is 3. The molecule has 2 amide bonds. The zero-order chi connectivity index (χ0) is 18.1. The van der Waals surface area contributed by atoms with E-state index in [1.807, 2.05) is 6.07 Å². The van der Waals surface area contributed by atoms with Crippen LogP contribution in [0.15, 0.2) is 54.6 Å². The molecule has 0 unspecified atom stereocenters. The largest absolute Gasteiger partial charge is 0.469 e. The van der Waals surface area contributed by atoms with Crippen LogP contribution in [0, 0.1) is 0 Å². The van der Waals surface area contributed by atoms with Gasteiger partial charge in [0.15, 0.2) is 0 Å². The average molecular weight is 340 g/mol. The molecular formula is C19H20N2O4. The number of para-hydroxylation sites is 1. The van der Waals surface area contributed by atoms with Gasteiger partial charge in [0, 0.05) is 18.5 Å². The Morgan fingerprint density at radius 2 is 1.60 bits per heavy atom. The lowest BCUT2D eigenvalue weighted by molar-refractivity contribution is -0.140. The fourth-order valence-corrected chi connectivity index (χ4v) is 2.21. The second-order valence-electron chi connectivity index (χ2n) is 5.30. The number of anilines is 1. The molecule has 2 N–H and O–H groups in total. The molecule has 2 aromatic carbocycles. The van der Waals surface area contributed by atoms with Crippen LogP contribution in [-0.2, 0) is 9.53 Å². The first kappa shape index (κ1) is 18.2.